The van der Waals surface area contributed by atoms with Crippen molar-refractivity contribution in [3.8, 4) is 0 Å². The highest BCUT2D eigenvalue weighted by atomic mass is 35.5. The average Bonchev–Trinajstić information content (AvgIpc) is 2.29. The van der Waals surface area contributed by atoms with Crippen LogP contribution in [0.25, 0.3) is 0 Å². The summed E-state index contributed by atoms with van der Waals surface area (Å²) in [7, 11) is 0. The Balaban J connectivity index is 2.24. The molecule has 0 bridgehead atoms. The van der Waals surface area contributed by atoms with E-state index < -0.39 is 0 Å². The minimum Gasteiger partial charge on any atom is -0.310 e. The fraction of sp³-hybridized carbons (Fsp3) is 0.538. The maximum absolute atomic E-state index is 5.85. The molecule has 1 aromatic carbocycles. The van der Waals surface area contributed by atoms with Gasteiger partial charge in [-0.1, -0.05) is 30.7 Å². The lowest BCUT2D eigenvalue weighted by atomic mass is 10.1. The zero-order chi connectivity index (χ0) is 11.8. The van der Waals surface area contributed by atoms with Crippen LogP contribution in [0.1, 0.15) is 31.9 Å². The van der Waals surface area contributed by atoms with Crippen molar-refractivity contribution >= 4 is 23.4 Å². The van der Waals surface area contributed by atoms with Crippen molar-refractivity contribution in [1.82, 2.24) is 5.32 Å². The van der Waals surface area contributed by atoms with Crippen LogP contribution in [-0.4, -0.2) is 18.1 Å². The van der Waals surface area contributed by atoms with Crippen LogP contribution in [0, 0.1) is 0 Å². The predicted molar refractivity (Wildman–Crippen MR) is 75.5 cm³/mol. The van der Waals surface area contributed by atoms with E-state index in [2.05, 4.69) is 31.3 Å². The first kappa shape index (κ1) is 13.9. The van der Waals surface area contributed by atoms with Crippen LogP contribution in [0.2, 0.25) is 5.02 Å². The first-order valence-electron chi connectivity index (χ1n) is 5.80. The molecule has 1 nitrogen and oxygen atoms in total. The fourth-order valence-electron chi connectivity index (χ4n) is 1.51. The van der Waals surface area contributed by atoms with Crippen molar-refractivity contribution in [2.24, 2.45) is 0 Å². The molecule has 1 N–H and O–H groups in total. The predicted octanol–water partition coefficient (Wildman–Crippen LogP) is 4.13. The maximum atomic E-state index is 5.85. The molecule has 0 saturated carbocycles. The molecule has 0 unspecified atom stereocenters. The van der Waals surface area contributed by atoms with Crippen molar-refractivity contribution < 1.29 is 0 Å². The smallest absolute Gasteiger partial charge is 0.0406 e. The van der Waals surface area contributed by atoms with Gasteiger partial charge < -0.3 is 5.32 Å². The van der Waals surface area contributed by atoms with Crippen LogP contribution in [0.4, 0.5) is 0 Å². The average molecular weight is 258 g/mol. The molecule has 1 aromatic rings. The summed E-state index contributed by atoms with van der Waals surface area (Å²) < 4.78 is 0. The molecule has 0 aliphatic rings. The van der Waals surface area contributed by atoms with Crippen LogP contribution in [0.5, 0.6) is 0 Å². The normalized spacial score (nSPS) is 12.7. The van der Waals surface area contributed by atoms with E-state index in [4.69, 9.17) is 11.6 Å². The van der Waals surface area contributed by atoms with E-state index in [0.29, 0.717) is 6.04 Å². The van der Waals surface area contributed by atoms with Gasteiger partial charge in [-0.15, -0.1) is 0 Å². The first-order valence-corrected chi connectivity index (χ1v) is 7.34. The van der Waals surface area contributed by atoms with Gasteiger partial charge in [-0.25, -0.2) is 0 Å². The van der Waals surface area contributed by atoms with Crippen LogP contribution < -0.4 is 5.32 Å². The molecule has 1 rings (SSSR count). The molecule has 0 radical (unpaired) electrons. The van der Waals surface area contributed by atoms with Gasteiger partial charge in [0.25, 0.3) is 0 Å². The Labute approximate surface area is 108 Å². The molecule has 3 heteroatoms. The van der Waals surface area contributed by atoms with Crippen LogP contribution in [0.15, 0.2) is 24.3 Å². The highest BCUT2D eigenvalue weighted by molar-refractivity contribution is 7.99. The number of thioether (sulfide) groups is 1. The van der Waals surface area contributed by atoms with E-state index in [-0.39, 0.29) is 0 Å². The van der Waals surface area contributed by atoms with E-state index in [0.717, 1.165) is 11.6 Å². The second-order valence-corrected chi connectivity index (χ2v) is 5.61. The summed E-state index contributed by atoms with van der Waals surface area (Å²) in [5, 5.41) is 4.32. The second kappa shape index (κ2) is 7.99. The van der Waals surface area contributed by atoms with Gasteiger partial charge >= 0.3 is 0 Å². The summed E-state index contributed by atoms with van der Waals surface area (Å²) in [6.07, 6.45) is 1.23. The number of hydrogen-bond acceptors (Lipinski definition) is 2. The maximum Gasteiger partial charge on any atom is 0.0406 e. The minimum atomic E-state index is 0.406. The molecule has 16 heavy (non-hydrogen) atoms. The van der Waals surface area contributed by atoms with Crippen molar-refractivity contribution in [1.29, 1.82) is 0 Å². The monoisotopic (exact) mass is 257 g/mol. The van der Waals surface area contributed by atoms with E-state index in [1.54, 1.807) is 0 Å². The van der Waals surface area contributed by atoms with Crippen molar-refractivity contribution in [3.05, 3.63) is 34.9 Å². The number of rotatable bonds is 7. The Kier molecular flexibility index (Phi) is 6.93. The molecule has 90 valence electrons. The molecule has 1 atom stereocenters. The number of nitrogens with one attached hydrogen (secondary N) is 1. The van der Waals surface area contributed by atoms with Crippen molar-refractivity contribution in [3.63, 3.8) is 0 Å². The van der Waals surface area contributed by atoms with Crippen molar-refractivity contribution in [2.75, 3.05) is 18.1 Å². The lowest BCUT2D eigenvalue weighted by Gasteiger charge is -2.14. The van der Waals surface area contributed by atoms with Gasteiger partial charge in [0, 0.05) is 11.1 Å². The van der Waals surface area contributed by atoms with E-state index in [9.17, 15) is 0 Å². The summed E-state index contributed by atoms with van der Waals surface area (Å²) in [4.78, 5) is 0. The summed E-state index contributed by atoms with van der Waals surface area (Å²) >= 11 is 7.85. The van der Waals surface area contributed by atoms with Crippen LogP contribution in [-0.2, 0) is 0 Å². The van der Waals surface area contributed by atoms with Gasteiger partial charge in [0.2, 0.25) is 0 Å². The molecule has 0 aliphatic carbocycles. The molecule has 0 aromatic heterocycles. The van der Waals surface area contributed by atoms with Crippen LogP contribution in [0.3, 0.4) is 0 Å². The summed E-state index contributed by atoms with van der Waals surface area (Å²) in [5.41, 5.74) is 1.30. The minimum absolute atomic E-state index is 0.406. The zero-order valence-corrected chi connectivity index (χ0v) is 11.6. The number of halogens is 1. The topological polar surface area (TPSA) is 12.0 Å². The first-order chi connectivity index (χ1) is 7.74. The van der Waals surface area contributed by atoms with Gasteiger partial charge in [-0.05, 0) is 49.1 Å². The fourth-order valence-corrected chi connectivity index (χ4v) is 2.27. The molecule has 0 fully saturated rings. The highest BCUT2D eigenvalue weighted by Crippen LogP contribution is 2.15. The Morgan fingerprint density at radius 3 is 2.62 bits per heavy atom. The van der Waals surface area contributed by atoms with E-state index >= 15 is 0 Å². The zero-order valence-electron chi connectivity index (χ0n) is 10.0. The SMILES string of the molecule is CCSCCCN[C@@H](C)c1ccc(Cl)cc1. The molecule has 0 amide bonds. The molecule has 0 heterocycles. The molecule has 0 aliphatic heterocycles. The third-order valence-electron chi connectivity index (χ3n) is 2.49. The molecular weight excluding hydrogens is 238 g/mol. The summed E-state index contributed by atoms with van der Waals surface area (Å²) in [6.45, 7) is 5.47. The van der Waals surface area contributed by atoms with Crippen LogP contribution >= 0.6 is 23.4 Å². The Morgan fingerprint density at radius 1 is 1.31 bits per heavy atom. The number of benzene rings is 1. The highest BCUT2D eigenvalue weighted by Gasteiger charge is 2.03. The largest absolute Gasteiger partial charge is 0.310 e. The Bertz CT molecular complexity index is 286. The van der Waals surface area contributed by atoms with E-state index in [1.165, 1.54) is 23.5 Å². The van der Waals surface area contributed by atoms with Crippen molar-refractivity contribution in [2.45, 2.75) is 26.3 Å². The quantitative estimate of drug-likeness (QED) is 0.737. The lowest BCUT2D eigenvalue weighted by Crippen LogP contribution is -2.20. The molecule has 0 saturated heterocycles. The van der Waals surface area contributed by atoms with Gasteiger partial charge in [-0.2, -0.15) is 11.8 Å². The third kappa shape index (κ3) is 5.24. The van der Waals surface area contributed by atoms with Gasteiger partial charge in [0.15, 0.2) is 0 Å². The third-order valence-corrected chi connectivity index (χ3v) is 3.73. The Hall–Kier alpha value is -0.180. The Morgan fingerprint density at radius 2 is 2.00 bits per heavy atom. The number of hydrogen-bond donors (Lipinski definition) is 1. The van der Waals surface area contributed by atoms with Gasteiger partial charge in [0.05, 0.1) is 0 Å². The summed E-state index contributed by atoms with van der Waals surface area (Å²) in [6, 6.07) is 8.47. The summed E-state index contributed by atoms with van der Waals surface area (Å²) in [5.74, 6) is 2.46. The lowest BCUT2D eigenvalue weighted by molar-refractivity contribution is 0.572. The standard InChI is InChI=1S/C13H20ClNS/c1-3-16-10-4-9-15-11(2)12-5-7-13(14)8-6-12/h5-8,11,15H,3-4,9-10H2,1-2H3/t11-/m0/s1. The van der Waals surface area contributed by atoms with Gasteiger partial charge in [0.1, 0.15) is 0 Å². The second-order valence-electron chi connectivity index (χ2n) is 3.78. The van der Waals surface area contributed by atoms with E-state index in [1.807, 2.05) is 23.9 Å². The molecular formula is C13H20ClNS. The molecule has 0 spiro atoms. The van der Waals surface area contributed by atoms with Gasteiger partial charge in [-0.3, -0.25) is 0 Å².